The smallest absolute Gasteiger partial charge is 0.160 e. The first-order valence-electron chi connectivity index (χ1n) is 6.65. The summed E-state index contributed by atoms with van der Waals surface area (Å²) < 4.78 is 13.2. The Morgan fingerprint density at radius 1 is 1.15 bits per heavy atom. The van der Waals surface area contributed by atoms with Gasteiger partial charge in [0.15, 0.2) is 5.54 Å². The molecule has 0 aliphatic carbocycles. The van der Waals surface area contributed by atoms with Gasteiger partial charge in [-0.2, -0.15) is 5.26 Å². The van der Waals surface area contributed by atoms with Crippen LogP contribution in [0.5, 0.6) is 0 Å². The highest BCUT2D eigenvalue weighted by molar-refractivity contribution is 5.50. The van der Waals surface area contributed by atoms with Crippen molar-refractivity contribution in [2.45, 2.75) is 12.0 Å². The van der Waals surface area contributed by atoms with Gasteiger partial charge in [-0.05, 0) is 42.3 Å². The summed E-state index contributed by atoms with van der Waals surface area (Å²) in [5, 5.41) is 9.90. The van der Waals surface area contributed by atoms with Crippen LogP contribution in [-0.2, 0) is 12.0 Å². The van der Waals surface area contributed by atoms with Crippen molar-refractivity contribution in [2.75, 3.05) is 13.6 Å². The molecule has 3 heteroatoms. The number of benzene rings is 2. The normalized spacial score (nSPS) is 22.1. The molecule has 2 aromatic carbocycles. The van der Waals surface area contributed by atoms with Crippen molar-refractivity contribution in [3.8, 4) is 6.07 Å². The first-order valence-corrected chi connectivity index (χ1v) is 6.65. The lowest BCUT2D eigenvalue weighted by molar-refractivity contribution is 0.200. The zero-order valence-electron chi connectivity index (χ0n) is 11.3. The molecule has 1 aliphatic heterocycles. The van der Waals surface area contributed by atoms with Crippen molar-refractivity contribution < 1.29 is 4.39 Å². The molecule has 2 aromatic rings. The van der Waals surface area contributed by atoms with Gasteiger partial charge < -0.3 is 0 Å². The molecule has 1 atom stereocenters. The first kappa shape index (κ1) is 12.8. The zero-order valence-corrected chi connectivity index (χ0v) is 11.3. The van der Waals surface area contributed by atoms with Crippen molar-refractivity contribution in [1.82, 2.24) is 4.90 Å². The summed E-state index contributed by atoms with van der Waals surface area (Å²) in [5.41, 5.74) is 2.18. The standard InChI is InChI=1S/C17H15FN2/c1-20-11-10-13-4-2-3-5-16(13)17(20,12-19)14-6-8-15(18)9-7-14/h2-9H,10-11H2,1H3. The molecule has 1 unspecified atom stereocenters. The van der Waals surface area contributed by atoms with Crippen molar-refractivity contribution in [3.05, 3.63) is 71.0 Å². The molecule has 0 spiro atoms. The topological polar surface area (TPSA) is 27.0 Å². The van der Waals surface area contributed by atoms with Gasteiger partial charge in [-0.3, -0.25) is 4.90 Å². The average Bonchev–Trinajstić information content (AvgIpc) is 2.49. The summed E-state index contributed by atoms with van der Waals surface area (Å²) in [7, 11) is 1.95. The number of nitrogens with zero attached hydrogens (tertiary/aromatic N) is 2. The number of likely N-dealkylation sites (N-methyl/N-ethyl adjacent to an activating group) is 1. The van der Waals surface area contributed by atoms with Crippen LogP contribution >= 0.6 is 0 Å². The van der Waals surface area contributed by atoms with Crippen LogP contribution in [0.1, 0.15) is 16.7 Å². The van der Waals surface area contributed by atoms with E-state index in [1.165, 1.54) is 17.7 Å². The fourth-order valence-electron chi connectivity index (χ4n) is 3.03. The number of hydrogen-bond acceptors (Lipinski definition) is 2. The molecule has 0 saturated carbocycles. The molecule has 1 aliphatic rings. The molecule has 0 bridgehead atoms. The van der Waals surface area contributed by atoms with Crippen LogP contribution in [0.2, 0.25) is 0 Å². The van der Waals surface area contributed by atoms with Crippen LogP contribution in [0.3, 0.4) is 0 Å². The minimum Gasteiger partial charge on any atom is -0.281 e. The van der Waals surface area contributed by atoms with Gasteiger partial charge in [-0.15, -0.1) is 0 Å². The Labute approximate surface area is 118 Å². The van der Waals surface area contributed by atoms with E-state index in [9.17, 15) is 9.65 Å². The van der Waals surface area contributed by atoms with Gasteiger partial charge in [0.05, 0.1) is 6.07 Å². The Balaban J connectivity index is 2.26. The van der Waals surface area contributed by atoms with E-state index >= 15 is 0 Å². The highest BCUT2D eigenvalue weighted by Crippen LogP contribution is 2.39. The van der Waals surface area contributed by atoms with Crippen LogP contribution in [0, 0.1) is 17.1 Å². The number of hydrogen-bond donors (Lipinski definition) is 0. The molecule has 0 amide bonds. The molecule has 20 heavy (non-hydrogen) atoms. The minimum absolute atomic E-state index is 0.284. The molecule has 0 radical (unpaired) electrons. The van der Waals surface area contributed by atoms with Crippen LogP contribution in [-0.4, -0.2) is 18.5 Å². The second-order valence-corrected chi connectivity index (χ2v) is 5.16. The molecule has 0 fully saturated rings. The predicted octanol–water partition coefficient (Wildman–Crippen LogP) is 3.08. The van der Waals surface area contributed by atoms with Gasteiger partial charge in [-0.1, -0.05) is 36.4 Å². The first-order chi connectivity index (χ1) is 9.68. The minimum atomic E-state index is -0.831. The summed E-state index contributed by atoms with van der Waals surface area (Å²) in [4.78, 5) is 2.04. The van der Waals surface area contributed by atoms with E-state index in [4.69, 9.17) is 0 Å². The van der Waals surface area contributed by atoms with Gasteiger partial charge in [0, 0.05) is 6.54 Å². The van der Waals surface area contributed by atoms with Crippen molar-refractivity contribution >= 4 is 0 Å². The average molecular weight is 266 g/mol. The SMILES string of the molecule is CN1CCc2ccccc2C1(C#N)c1ccc(F)cc1. The number of nitriles is 1. The molecule has 2 nitrogen and oxygen atoms in total. The van der Waals surface area contributed by atoms with Crippen molar-refractivity contribution in [1.29, 1.82) is 5.26 Å². The maximum Gasteiger partial charge on any atom is 0.160 e. The van der Waals surface area contributed by atoms with Crippen LogP contribution in [0.25, 0.3) is 0 Å². The quantitative estimate of drug-likeness (QED) is 0.793. The molecular formula is C17H15FN2. The van der Waals surface area contributed by atoms with Gasteiger partial charge in [0.25, 0.3) is 0 Å². The van der Waals surface area contributed by atoms with Crippen LogP contribution in [0.4, 0.5) is 4.39 Å². The lowest BCUT2D eigenvalue weighted by atomic mass is 9.77. The molecular weight excluding hydrogens is 251 g/mol. The fourth-order valence-corrected chi connectivity index (χ4v) is 3.03. The predicted molar refractivity (Wildman–Crippen MR) is 75.6 cm³/mol. The maximum absolute atomic E-state index is 13.2. The molecule has 3 rings (SSSR count). The van der Waals surface area contributed by atoms with E-state index in [-0.39, 0.29) is 5.82 Å². The van der Waals surface area contributed by atoms with Crippen LogP contribution < -0.4 is 0 Å². The third-order valence-electron chi connectivity index (χ3n) is 4.12. The monoisotopic (exact) mass is 266 g/mol. The van der Waals surface area contributed by atoms with Gasteiger partial charge in [0.2, 0.25) is 0 Å². The molecule has 0 saturated heterocycles. The van der Waals surface area contributed by atoms with E-state index < -0.39 is 5.54 Å². The fraction of sp³-hybridized carbons (Fsp3) is 0.235. The summed E-state index contributed by atoms with van der Waals surface area (Å²) in [6.07, 6.45) is 0.928. The number of halogens is 1. The maximum atomic E-state index is 13.2. The zero-order chi connectivity index (χ0) is 14.2. The molecule has 1 heterocycles. The van der Waals surface area contributed by atoms with Crippen molar-refractivity contribution in [3.63, 3.8) is 0 Å². The molecule has 0 aromatic heterocycles. The summed E-state index contributed by atoms with van der Waals surface area (Å²) in [6, 6.07) is 16.7. The third kappa shape index (κ3) is 1.73. The Hall–Kier alpha value is -2.18. The Morgan fingerprint density at radius 2 is 1.85 bits per heavy atom. The van der Waals surface area contributed by atoms with E-state index in [1.807, 2.05) is 30.1 Å². The number of rotatable bonds is 1. The van der Waals surface area contributed by atoms with Gasteiger partial charge in [0.1, 0.15) is 5.82 Å². The highest BCUT2D eigenvalue weighted by Gasteiger charge is 2.42. The van der Waals surface area contributed by atoms with E-state index in [1.54, 1.807) is 12.1 Å². The van der Waals surface area contributed by atoms with Gasteiger partial charge >= 0.3 is 0 Å². The molecule has 100 valence electrons. The van der Waals surface area contributed by atoms with Crippen molar-refractivity contribution in [2.24, 2.45) is 0 Å². The molecule has 0 N–H and O–H groups in total. The Kier molecular flexibility index (Phi) is 3.04. The largest absolute Gasteiger partial charge is 0.281 e. The van der Waals surface area contributed by atoms with Gasteiger partial charge in [-0.25, -0.2) is 4.39 Å². The lowest BCUT2D eigenvalue weighted by Crippen LogP contribution is -2.48. The van der Waals surface area contributed by atoms with Crippen LogP contribution in [0.15, 0.2) is 48.5 Å². The Morgan fingerprint density at radius 3 is 2.55 bits per heavy atom. The second-order valence-electron chi connectivity index (χ2n) is 5.16. The second kappa shape index (κ2) is 4.73. The highest BCUT2D eigenvalue weighted by atomic mass is 19.1. The summed E-state index contributed by atoms with van der Waals surface area (Å²) >= 11 is 0. The lowest BCUT2D eigenvalue weighted by Gasteiger charge is -2.41. The van der Waals surface area contributed by atoms with E-state index in [2.05, 4.69) is 12.1 Å². The third-order valence-corrected chi connectivity index (χ3v) is 4.12. The Bertz CT molecular complexity index is 672. The summed E-state index contributed by atoms with van der Waals surface area (Å²) in [5.74, 6) is -0.284. The van der Waals surface area contributed by atoms with E-state index in [0.29, 0.717) is 0 Å². The van der Waals surface area contributed by atoms with E-state index in [0.717, 1.165) is 24.1 Å². The summed E-state index contributed by atoms with van der Waals surface area (Å²) in [6.45, 7) is 0.807. The number of fused-ring (bicyclic) bond motifs is 1.